The Kier molecular flexibility index (Phi) is 5.27. The van der Waals surface area contributed by atoms with E-state index < -0.39 is 6.10 Å². The Bertz CT molecular complexity index is 955. The Balaban J connectivity index is 2.21. The average Bonchev–Trinajstić information content (AvgIpc) is 2.59. The molecule has 6 heteroatoms. The molecule has 0 radical (unpaired) electrons. The van der Waals surface area contributed by atoms with Gasteiger partial charge in [-0.15, -0.1) is 0 Å². The van der Waals surface area contributed by atoms with Crippen LogP contribution < -0.4 is 5.56 Å². The van der Waals surface area contributed by atoms with Crippen molar-refractivity contribution in [1.29, 1.82) is 0 Å². The minimum Gasteiger partial charge on any atom is -0.387 e. The zero-order valence-corrected chi connectivity index (χ0v) is 15.4. The van der Waals surface area contributed by atoms with Crippen molar-refractivity contribution in [3.8, 4) is 5.69 Å². The first-order valence-corrected chi connectivity index (χ1v) is 8.97. The van der Waals surface area contributed by atoms with Crippen LogP contribution in [0.4, 0.5) is 0 Å². The molecule has 1 heterocycles. The molecule has 0 aliphatic carbocycles. The number of rotatable bonds is 4. The van der Waals surface area contributed by atoms with Crippen molar-refractivity contribution >= 4 is 23.4 Å². The molecule has 0 aliphatic heterocycles. The van der Waals surface area contributed by atoms with E-state index in [4.69, 9.17) is 11.6 Å². The van der Waals surface area contributed by atoms with E-state index in [1.807, 2.05) is 37.3 Å². The maximum absolute atomic E-state index is 13.0. The SMILES string of the molecule is Cc1c(C(C)O)nn(-c2cccc(Cl)c2)c(=O)c1Sc1ccccc1. The molecule has 0 saturated carbocycles. The van der Waals surface area contributed by atoms with Gasteiger partial charge < -0.3 is 5.11 Å². The number of halogens is 1. The van der Waals surface area contributed by atoms with E-state index in [9.17, 15) is 9.90 Å². The van der Waals surface area contributed by atoms with Gasteiger partial charge in [-0.1, -0.05) is 47.6 Å². The van der Waals surface area contributed by atoms with Crippen LogP contribution in [0.5, 0.6) is 0 Å². The van der Waals surface area contributed by atoms with Crippen LogP contribution in [-0.4, -0.2) is 14.9 Å². The highest BCUT2D eigenvalue weighted by Gasteiger charge is 2.19. The molecular formula is C19H17ClN2O2S. The van der Waals surface area contributed by atoms with Crippen LogP contribution in [0.2, 0.25) is 5.02 Å². The smallest absolute Gasteiger partial charge is 0.285 e. The van der Waals surface area contributed by atoms with E-state index >= 15 is 0 Å². The first-order valence-electron chi connectivity index (χ1n) is 7.78. The maximum atomic E-state index is 13.0. The molecule has 1 atom stereocenters. The fourth-order valence-electron chi connectivity index (χ4n) is 2.51. The van der Waals surface area contributed by atoms with Crippen molar-refractivity contribution in [3.05, 3.63) is 81.2 Å². The number of nitrogens with zero attached hydrogens (tertiary/aromatic N) is 2. The molecule has 0 saturated heterocycles. The normalized spacial score (nSPS) is 12.2. The molecule has 1 unspecified atom stereocenters. The molecule has 2 aromatic carbocycles. The quantitative estimate of drug-likeness (QED) is 0.737. The molecule has 0 amide bonds. The Morgan fingerprint density at radius 2 is 1.88 bits per heavy atom. The third-order valence-corrected chi connectivity index (χ3v) is 5.16. The largest absolute Gasteiger partial charge is 0.387 e. The molecule has 25 heavy (non-hydrogen) atoms. The molecule has 4 nitrogen and oxygen atoms in total. The van der Waals surface area contributed by atoms with Crippen molar-refractivity contribution in [3.63, 3.8) is 0 Å². The summed E-state index contributed by atoms with van der Waals surface area (Å²) in [6.07, 6.45) is -0.791. The number of hydrogen-bond acceptors (Lipinski definition) is 4. The van der Waals surface area contributed by atoms with Crippen molar-refractivity contribution in [2.24, 2.45) is 0 Å². The molecule has 1 aromatic heterocycles. The van der Waals surface area contributed by atoms with Crippen LogP contribution in [0.3, 0.4) is 0 Å². The standard InChI is InChI=1S/C19H17ClN2O2S/c1-12-17(13(2)23)21-22(15-8-6-7-14(20)11-15)19(24)18(12)25-16-9-4-3-5-10-16/h3-11,13,23H,1-2H3. The van der Waals surface area contributed by atoms with Crippen LogP contribution in [0, 0.1) is 6.92 Å². The number of benzene rings is 2. The third kappa shape index (κ3) is 3.79. The fraction of sp³-hybridized carbons (Fsp3) is 0.158. The molecule has 0 bridgehead atoms. The van der Waals surface area contributed by atoms with Gasteiger partial charge >= 0.3 is 0 Å². The second-order valence-electron chi connectivity index (χ2n) is 5.63. The number of aromatic nitrogens is 2. The number of aliphatic hydroxyl groups is 1. The van der Waals surface area contributed by atoms with Gasteiger partial charge in [-0.2, -0.15) is 9.78 Å². The highest BCUT2D eigenvalue weighted by atomic mass is 35.5. The van der Waals surface area contributed by atoms with Gasteiger partial charge in [0.25, 0.3) is 5.56 Å². The van der Waals surface area contributed by atoms with Crippen molar-refractivity contribution in [2.75, 3.05) is 0 Å². The van der Waals surface area contributed by atoms with Gasteiger partial charge in [0.15, 0.2) is 0 Å². The minimum absolute atomic E-state index is 0.238. The van der Waals surface area contributed by atoms with Gasteiger partial charge in [0.05, 0.1) is 22.4 Å². The van der Waals surface area contributed by atoms with Crippen molar-refractivity contribution in [1.82, 2.24) is 9.78 Å². The molecule has 0 spiro atoms. The lowest BCUT2D eigenvalue weighted by molar-refractivity contribution is 0.190. The Morgan fingerprint density at radius 1 is 1.16 bits per heavy atom. The van der Waals surface area contributed by atoms with Crippen molar-refractivity contribution in [2.45, 2.75) is 29.7 Å². The average molecular weight is 373 g/mol. The fourth-order valence-corrected chi connectivity index (χ4v) is 3.65. The second kappa shape index (κ2) is 7.44. The van der Waals surface area contributed by atoms with E-state index in [1.165, 1.54) is 16.4 Å². The van der Waals surface area contributed by atoms with Gasteiger partial charge in [-0.05, 0) is 49.7 Å². The summed E-state index contributed by atoms with van der Waals surface area (Å²) < 4.78 is 1.30. The van der Waals surface area contributed by atoms with E-state index in [-0.39, 0.29) is 5.56 Å². The van der Waals surface area contributed by atoms with Gasteiger partial charge in [0.1, 0.15) is 0 Å². The highest BCUT2D eigenvalue weighted by Crippen LogP contribution is 2.30. The monoisotopic (exact) mass is 372 g/mol. The molecule has 128 valence electrons. The summed E-state index contributed by atoms with van der Waals surface area (Å²) in [5.74, 6) is 0. The summed E-state index contributed by atoms with van der Waals surface area (Å²) in [7, 11) is 0. The predicted molar refractivity (Wildman–Crippen MR) is 101 cm³/mol. The Hall–Kier alpha value is -2.08. The van der Waals surface area contributed by atoms with Gasteiger partial charge in [-0.25, -0.2) is 0 Å². The zero-order valence-electron chi connectivity index (χ0n) is 13.8. The molecule has 3 rings (SSSR count). The van der Waals surface area contributed by atoms with Gasteiger partial charge in [0, 0.05) is 9.92 Å². The van der Waals surface area contributed by atoms with E-state index in [2.05, 4.69) is 5.10 Å². The Morgan fingerprint density at radius 3 is 2.52 bits per heavy atom. The van der Waals surface area contributed by atoms with E-state index in [1.54, 1.807) is 31.2 Å². The minimum atomic E-state index is -0.791. The van der Waals surface area contributed by atoms with Crippen molar-refractivity contribution < 1.29 is 5.11 Å². The second-order valence-corrected chi connectivity index (χ2v) is 7.15. The molecular weight excluding hydrogens is 356 g/mol. The molecule has 0 aliphatic rings. The lowest BCUT2D eigenvalue weighted by Gasteiger charge is -2.15. The van der Waals surface area contributed by atoms with E-state index in [0.29, 0.717) is 26.9 Å². The summed E-state index contributed by atoms with van der Waals surface area (Å²) in [5.41, 5.74) is 1.48. The van der Waals surface area contributed by atoms with Gasteiger partial charge in [0.2, 0.25) is 0 Å². The summed E-state index contributed by atoms with van der Waals surface area (Å²) >= 11 is 7.42. The lowest BCUT2D eigenvalue weighted by Crippen LogP contribution is -2.26. The summed E-state index contributed by atoms with van der Waals surface area (Å²) in [6, 6.07) is 16.6. The summed E-state index contributed by atoms with van der Waals surface area (Å²) in [6.45, 7) is 3.45. The first-order chi connectivity index (χ1) is 12.0. The molecule has 1 N–H and O–H groups in total. The maximum Gasteiger partial charge on any atom is 0.285 e. The van der Waals surface area contributed by atoms with Crippen LogP contribution in [-0.2, 0) is 0 Å². The summed E-state index contributed by atoms with van der Waals surface area (Å²) in [4.78, 5) is 14.5. The van der Waals surface area contributed by atoms with Crippen LogP contribution in [0.15, 0.2) is 69.2 Å². The number of aliphatic hydroxyl groups excluding tert-OH is 1. The number of hydrogen-bond donors (Lipinski definition) is 1. The summed E-state index contributed by atoms with van der Waals surface area (Å²) in [5, 5.41) is 15.0. The first kappa shape index (κ1) is 17.7. The molecule has 3 aromatic rings. The molecule has 0 fully saturated rings. The lowest BCUT2D eigenvalue weighted by atomic mass is 10.1. The van der Waals surface area contributed by atoms with Gasteiger partial charge in [-0.3, -0.25) is 4.79 Å². The van der Waals surface area contributed by atoms with E-state index in [0.717, 1.165) is 4.90 Å². The van der Waals surface area contributed by atoms with Crippen LogP contribution >= 0.6 is 23.4 Å². The topological polar surface area (TPSA) is 55.1 Å². The predicted octanol–water partition coefficient (Wildman–Crippen LogP) is 4.40. The highest BCUT2D eigenvalue weighted by molar-refractivity contribution is 7.99. The zero-order chi connectivity index (χ0) is 18.0. The van der Waals surface area contributed by atoms with Crippen LogP contribution in [0.25, 0.3) is 5.69 Å². The van der Waals surface area contributed by atoms with Crippen LogP contribution in [0.1, 0.15) is 24.3 Å². The third-order valence-electron chi connectivity index (χ3n) is 3.73. The Labute approximate surface area is 155 Å².